The second kappa shape index (κ2) is 6.95. The summed E-state index contributed by atoms with van der Waals surface area (Å²) in [4.78, 5) is 11.6. The third kappa shape index (κ3) is 4.23. The van der Waals surface area contributed by atoms with Crippen LogP contribution in [0.1, 0.15) is 17.3 Å². The summed E-state index contributed by atoms with van der Waals surface area (Å²) >= 11 is 11.7. The number of ether oxygens (including phenoxy) is 2. The van der Waals surface area contributed by atoms with Crippen molar-refractivity contribution in [3.63, 3.8) is 0 Å². The zero-order valence-corrected chi connectivity index (χ0v) is 13.6. The van der Waals surface area contributed by atoms with Crippen LogP contribution in [0.3, 0.4) is 0 Å². The van der Waals surface area contributed by atoms with Crippen molar-refractivity contribution in [1.82, 2.24) is 0 Å². The third-order valence-electron chi connectivity index (χ3n) is 2.23. The van der Waals surface area contributed by atoms with E-state index in [4.69, 9.17) is 43.4 Å². The molecule has 0 radical (unpaired) electrons. The number of benzene rings is 1. The maximum absolute atomic E-state index is 12.0. The molecule has 0 aliphatic heterocycles. The van der Waals surface area contributed by atoms with Crippen molar-refractivity contribution in [2.75, 3.05) is 13.7 Å². The van der Waals surface area contributed by atoms with E-state index in [0.29, 0.717) is 0 Å². The minimum absolute atomic E-state index is 0.0336. The molecule has 0 bridgehead atoms. The lowest BCUT2D eigenvalue weighted by molar-refractivity contribution is 0.0120. The molecule has 0 aromatic heterocycles. The molecule has 0 saturated carbocycles. The molecule has 0 spiro atoms. The predicted octanol–water partition coefficient (Wildman–Crippen LogP) is 3.11. The van der Waals surface area contributed by atoms with Crippen LogP contribution in [0, 0.1) is 0 Å². The van der Waals surface area contributed by atoms with Gasteiger partial charge in [-0.05, 0) is 19.1 Å². The molecule has 0 fully saturated rings. The first kappa shape index (κ1) is 17.5. The molecule has 112 valence electrons. The Labute approximate surface area is 131 Å². The molecule has 0 heterocycles. The monoisotopic (exact) mass is 360 g/mol. The summed E-state index contributed by atoms with van der Waals surface area (Å²) in [6.07, 6.45) is -0.545. The van der Waals surface area contributed by atoms with Crippen LogP contribution in [0.5, 0.6) is 0 Å². The average molecular weight is 362 g/mol. The Morgan fingerprint density at radius 1 is 1.35 bits per heavy atom. The first-order valence-corrected chi connectivity index (χ1v) is 8.37. The summed E-state index contributed by atoms with van der Waals surface area (Å²) in [7, 11) is 2.57. The number of rotatable bonds is 5. The van der Waals surface area contributed by atoms with Gasteiger partial charge in [-0.25, -0.2) is 13.2 Å². The van der Waals surface area contributed by atoms with Crippen LogP contribution < -0.4 is 0 Å². The van der Waals surface area contributed by atoms with E-state index in [2.05, 4.69) is 0 Å². The quantitative estimate of drug-likeness (QED) is 0.595. The highest BCUT2D eigenvalue weighted by Crippen LogP contribution is 2.33. The maximum atomic E-state index is 12.0. The molecular weight excluding hydrogens is 351 g/mol. The van der Waals surface area contributed by atoms with Crippen LogP contribution in [0.25, 0.3) is 0 Å². The van der Waals surface area contributed by atoms with Gasteiger partial charge in [0.2, 0.25) is 0 Å². The van der Waals surface area contributed by atoms with Gasteiger partial charge in [0.05, 0.1) is 22.2 Å². The number of esters is 1. The van der Waals surface area contributed by atoms with Gasteiger partial charge in [-0.3, -0.25) is 0 Å². The Morgan fingerprint density at radius 3 is 2.45 bits per heavy atom. The van der Waals surface area contributed by atoms with E-state index < -0.39 is 26.0 Å². The van der Waals surface area contributed by atoms with Crippen molar-refractivity contribution in [1.29, 1.82) is 0 Å². The molecule has 0 aliphatic carbocycles. The van der Waals surface area contributed by atoms with Gasteiger partial charge >= 0.3 is 5.97 Å². The van der Waals surface area contributed by atoms with Crippen LogP contribution in [-0.4, -0.2) is 34.2 Å². The van der Waals surface area contributed by atoms with Gasteiger partial charge in [-0.1, -0.05) is 23.2 Å². The van der Waals surface area contributed by atoms with E-state index in [1.807, 2.05) is 0 Å². The van der Waals surface area contributed by atoms with Crippen LogP contribution >= 0.6 is 33.9 Å². The SMILES string of the molecule is COCC(C)OC(=O)c1c(Cl)ccc(S(=O)(=O)Cl)c1Cl. The highest BCUT2D eigenvalue weighted by molar-refractivity contribution is 8.13. The van der Waals surface area contributed by atoms with Gasteiger partial charge < -0.3 is 9.47 Å². The van der Waals surface area contributed by atoms with Crippen molar-refractivity contribution in [2.45, 2.75) is 17.9 Å². The Bertz CT molecular complexity index is 615. The Kier molecular flexibility index (Phi) is 6.09. The van der Waals surface area contributed by atoms with E-state index in [1.54, 1.807) is 6.92 Å². The molecule has 0 saturated heterocycles. The fourth-order valence-corrected chi connectivity index (χ4v) is 3.30. The molecule has 0 aliphatic rings. The molecule has 0 N–H and O–H groups in total. The lowest BCUT2D eigenvalue weighted by atomic mass is 10.2. The van der Waals surface area contributed by atoms with Gasteiger partial charge in [-0.2, -0.15) is 0 Å². The largest absolute Gasteiger partial charge is 0.457 e. The summed E-state index contributed by atoms with van der Waals surface area (Å²) in [5.41, 5.74) is -0.252. The molecule has 1 rings (SSSR count). The lowest BCUT2D eigenvalue weighted by Gasteiger charge is -2.14. The number of halogens is 3. The summed E-state index contributed by atoms with van der Waals surface area (Å²) in [6.45, 7) is 1.78. The number of hydrogen-bond donors (Lipinski definition) is 0. The summed E-state index contributed by atoms with van der Waals surface area (Å²) < 4.78 is 32.5. The summed E-state index contributed by atoms with van der Waals surface area (Å²) in [5, 5.41) is -0.407. The molecule has 1 aromatic carbocycles. The van der Waals surface area contributed by atoms with Crippen LogP contribution in [0.2, 0.25) is 10.0 Å². The van der Waals surface area contributed by atoms with E-state index in [1.165, 1.54) is 13.2 Å². The fraction of sp³-hybridized carbons (Fsp3) is 0.364. The van der Waals surface area contributed by atoms with Crippen molar-refractivity contribution < 1.29 is 22.7 Å². The van der Waals surface area contributed by atoms with Gasteiger partial charge in [0.15, 0.2) is 0 Å². The average Bonchev–Trinajstić information content (AvgIpc) is 2.26. The van der Waals surface area contributed by atoms with E-state index >= 15 is 0 Å². The second-order valence-corrected chi connectivity index (χ2v) is 7.16. The zero-order chi connectivity index (χ0) is 15.5. The Balaban J connectivity index is 3.21. The van der Waals surface area contributed by atoms with E-state index in [9.17, 15) is 13.2 Å². The predicted molar refractivity (Wildman–Crippen MR) is 76.3 cm³/mol. The van der Waals surface area contributed by atoms with Crippen molar-refractivity contribution in [3.05, 3.63) is 27.7 Å². The molecule has 1 unspecified atom stereocenters. The molecule has 1 aromatic rings. The standard InChI is InChI=1S/C11H11Cl3O5S/c1-6(5-18-2)19-11(15)9-7(12)3-4-8(10(9)13)20(14,16)17/h3-4,6H,5H2,1-2H3. The number of methoxy groups -OCH3 is 1. The van der Waals surface area contributed by atoms with E-state index in [-0.39, 0.29) is 22.2 Å². The van der Waals surface area contributed by atoms with E-state index in [0.717, 1.165) is 6.07 Å². The molecule has 0 amide bonds. The zero-order valence-electron chi connectivity index (χ0n) is 10.5. The van der Waals surface area contributed by atoms with Crippen LogP contribution in [0.15, 0.2) is 17.0 Å². The fourth-order valence-electron chi connectivity index (χ4n) is 1.42. The maximum Gasteiger partial charge on any atom is 0.341 e. The number of hydrogen-bond acceptors (Lipinski definition) is 5. The van der Waals surface area contributed by atoms with Gasteiger partial charge in [0.1, 0.15) is 11.0 Å². The minimum Gasteiger partial charge on any atom is -0.457 e. The first-order chi connectivity index (χ1) is 9.18. The first-order valence-electron chi connectivity index (χ1n) is 5.31. The highest BCUT2D eigenvalue weighted by atomic mass is 35.7. The molecule has 1 atom stereocenters. The normalized spacial score (nSPS) is 13.1. The van der Waals surface area contributed by atoms with Crippen molar-refractivity contribution in [3.8, 4) is 0 Å². The smallest absolute Gasteiger partial charge is 0.341 e. The summed E-state index contributed by atoms with van der Waals surface area (Å²) in [6, 6.07) is 2.32. The lowest BCUT2D eigenvalue weighted by Crippen LogP contribution is -2.20. The second-order valence-electron chi connectivity index (χ2n) is 3.84. The Hall–Kier alpha value is -0.530. The van der Waals surface area contributed by atoms with Crippen LogP contribution in [0.4, 0.5) is 0 Å². The Morgan fingerprint density at radius 2 is 1.95 bits per heavy atom. The van der Waals surface area contributed by atoms with Gasteiger partial charge in [-0.15, -0.1) is 0 Å². The molecular formula is C11H11Cl3O5S. The number of carbonyl (C=O) groups excluding carboxylic acids is 1. The van der Waals surface area contributed by atoms with Crippen LogP contribution in [-0.2, 0) is 18.5 Å². The third-order valence-corrected chi connectivity index (χ3v) is 4.42. The minimum atomic E-state index is -4.10. The molecule has 9 heteroatoms. The van der Waals surface area contributed by atoms with Crippen molar-refractivity contribution in [2.24, 2.45) is 0 Å². The number of carbonyl (C=O) groups is 1. The topological polar surface area (TPSA) is 69.7 Å². The summed E-state index contributed by atoms with van der Waals surface area (Å²) in [5.74, 6) is -0.855. The highest BCUT2D eigenvalue weighted by Gasteiger charge is 2.25. The molecule has 20 heavy (non-hydrogen) atoms. The van der Waals surface area contributed by atoms with Crippen molar-refractivity contribution >= 4 is 48.9 Å². The molecule has 5 nitrogen and oxygen atoms in total. The van der Waals surface area contributed by atoms with Gasteiger partial charge in [0.25, 0.3) is 9.05 Å². The van der Waals surface area contributed by atoms with Gasteiger partial charge in [0, 0.05) is 17.8 Å².